The summed E-state index contributed by atoms with van der Waals surface area (Å²) in [4.78, 5) is 4.36. The van der Waals surface area contributed by atoms with Gasteiger partial charge in [-0.15, -0.1) is 0 Å². The molecule has 0 atom stereocenters. The van der Waals surface area contributed by atoms with Crippen molar-refractivity contribution in [3.05, 3.63) is 65.7 Å². The van der Waals surface area contributed by atoms with Crippen LogP contribution in [0, 0.1) is 6.92 Å². The molecule has 0 saturated carbocycles. The molecule has 2 N–H and O–H groups in total. The van der Waals surface area contributed by atoms with Gasteiger partial charge in [-0.05, 0) is 37.5 Å². The fourth-order valence-corrected chi connectivity index (χ4v) is 3.57. The van der Waals surface area contributed by atoms with E-state index in [2.05, 4.69) is 65.0 Å². The molecule has 2 aromatic carbocycles. The van der Waals surface area contributed by atoms with E-state index in [1.165, 1.54) is 11.1 Å². The standard InChI is InChI=1S/C23H31N3O2/c1-19-8-10-21(11-9-19)28-17-14-25-22(24-2)26-18-23(12-15-27-16-13-23)20-6-4-3-5-7-20/h3-11H,12-18H2,1-2H3,(H2,24,25,26). The number of benzene rings is 2. The van der Waals surface area contributed by atoms with E-state index in [0.29, 0.717) is 13.2 Å². The van der Waals surface area contributed by atoms with Crippen LogP contribution < -0.4 is 15.4 Å². The predicted octanol–water partition coefficient (Wildman–Crippen LogP) is 3.29. The van der Waals surface area contributed by atoms with E-state index in [1.807, 2.05) is 12.1 Å². The Bertz CT molecular complexity index is 738. The maximum atomic E-state index is 5.78. The van der Waals surface area contributed by atoms with Crippen LogP contribution in [0.15, 0.2) is 59.6 Å². The zero-order chi connectivity index (χ0) is 19.7. The number of nitrogens with zero attached hydrogens (tertiary/aromatic N) is 1. The van der Waals surface area contributed by atoms with Crippen molar-refractivity contribution in [2.24, 2.45) is 4.99 Å². The number of aliphatic imine (C=N–C) groups is 1. The van der Waals surface area contributed by atoms with Crippen LogP contribution in [-0.2, 0) is 10.2 Å². The smallest absolute Gasteiger partial charge is 0.191 e. The van der Waals surface area contributed by atoms with Gasteiger partial charge in [0.25, 0.3) is 0 Å². The third-order valence-electron chi connectivity index (χ3n) is 5.34. The predicted molar refractivity (Wildman–Crippen MR) is 114 cm³/mol. The maximum absolute atomic E-state index is 5.78. The summed E-state index contributed by atoms with van der Waals surface area (Å²) in [6.45, 7) is 5.77. The van der Waals surface area contributed by atoms with Crippen LogP contribution in [0.5, 0.6) is 5.75 Å². The molecule has 0 amide bonds. The fraction of sp³-hybridized carbons (Fsp3) is 0.435. The maximum Gasteiger partial charge on any atom is 0.191 e. The molecule has 150 valence electrons. The average Bonchev–Trinajstić information content (AvgIpc) is 2.76. The van der Waals surface area contributed by atoms with Crippen molar-refractivity contribution in [3.8, 4) is 5.75 Å². The lowest BCUT2D eigenvalue weighted by Crippen LogP contribution is -2.48. The van der Waals surface area contributed by atoms with E-state index in [1.54, 1.807) is 7.05 Å². The Morgan fingerprint density at radius 1 is 1.04 bits per heavy atom. The topological polar surface area (TPSA) is 54.9 Å². The van der Waals surface area contributed by atoms with E-state index >= 15 is 0 Å². The summed E-state index contributed by atoms with van der Waals surface area (Å²) in [6, 6.07) is 18.8. The summed E-state index contributed by atoms with van der Waals surface area (Å²) in [5.41, 5.74) is 2.68. The first-order valence-corrected chi connectivity index (χ1v) is 9.99. The summed E-state index contributed by atoms with van der Waals surface area (Å²) in [7, 11) is 1.80. The largest absolute Gasteiger partial charge is 0.492 e. The second-order valence-electron chi connectivity index (χ2n) is 7.27. The van der Waals surface area contributed by atoms with Crippen LogP contribution in [0.4, 0.5) is 0 Å². The minimum Gasteiger partial charge on any atom is -0.492 e. The van der Waals surface area contributed by atoms with Gasteiger partial charge in [0.05, 0.1) is 6.54 Å². The minimum atomic E-state index is 0.0789. The number of ether oxygens (including phenoxy) is 2. The SMILES string of the molecule is CN=C(NCCOc1ccc(C)cc1)NCC1(c2ccccc2)CCOCC1. The van der Waals surface area contributed by atoms with Gasteiger partial charge in [-0.25, -0.2) is 0 Å². The molecule has 5 heteroatoms. The number of hydrogen-bond donors (Lipinski definition) is 2. The average molecular weight is 382 g/mol. The van der Waals surface area contributed by atoms with Gasteiger partial charge in [-0.3, -0.25) is 4.99 Å². The quantitative estimate of drug-likeness (QED) is 0.439. The molecule has 0 radical (unpaired) electrons. The highest BCUT2D eigenvalue weighted by molar-refractivity contribution is 5.79. The lowest BCUT2D eigenvalue weighted by molar-refractivity contribution is 0.0514. The second kappa shape index (κ2) is 10.1. The first-order chi connectivity index (χ1) is 13.7. The highest BCUT2D eigenvalue weighted by Crippen LogP contribution is 2.34. The van der Waals surface area contributed by atoms with Gasteiger partial charge in [0.15, 0.2) is 5.96 Å². The molecule has 0 aliphatic carbocycles. The van der Waals surface area contributed by atoms with E-state index in [-0.39, 0.29) is 5.41 Å². The van der Waals surface area contributed by atoms with Crippen molar-refractivity contribution >= 4 is 5.96 Å². The monoisotopic (exact) mass is 381 g/mol. The van der Waals surface area contributed by atoms with Crippen LogP contribution in [0.1, 0.15) is 24.0 Å². The minimum absolute atomic E-state index is 0.0789. The molecule has 0 unspecified atom stereocenters. The number of guanidine groups is 1. The zero-order valence-corrected chi connectivity index (χ0v) is 16.9. The van der Waals surface area contributed by atoms with Gasteiger partial charge in [-0.2, -0.15) is 0 Å². The van der Waals surface area contributed by atoms with Crippen LogP contribution >= 0.6 is 0 Å². The molecule has 0 spiro atoms. The molecular weight excluding hydrogens is 350 g/mol. The van der Waals surface area contributed by atoms with Crippen molar-refractivity contribution in [1.82, 2.24) is 10.6 Å². The van der Waals surface area contributed by atoms with Crippen molar-refractivity contribution in [2.75, 3.05) is 40.0 Å². The van der Waals surface area contributed by atoms with E-state index in [4.69, 9.17) is 9.47 Å². The third-order valence-corrected chi connectivity index (χ3v) is 5.34. The summed E-state index contributed by atoms with van der Waals surface area (Å²) < 4.78 is 11.4. The van der Waals surface area contributed by atoms with Crippen molar-refractivity contribution in [1.29, 1.82) is 0 Å². The van der Waals surface area contributed by atoms with Gasteiger partial charge in [-0.1, -0.05) is 48.0 Å². The van der Waals surface area contributed by atoms with E-state index in [0.717, 1.165) is 44.3 Å². The van der Waals surface area contributed by atoms with E-state index in [9.17, 15) is 0 Å². The van der Waals surface area contributed by atoms with Gasteiger partial charge in [0.1, 0.15) is 12.4 Å². The normalized spacial score (nSPS) is 16.4. The van der Waals surface area contributed by atoms with Gasteiger partial charge in [0, 0.05) is 32.2 Å². The molecule has 3 rings (SSSR count). The van der Waals surface area contributed by atoms with E-state index < -0.39 is 0 Å². The van der Waals surface area contributed by atoms with Crippen molar-refractivity contribution in [3.63, 3.8) is 0 Å². The molecule has 0 aromatic heterocycles. The molecule has 2 aromatic rings. The Balaban J connectivity index is 1.50. The van der Waals surface area contributed by atoms with Gasteiger partial charge in [0.2, 0.25) is 0 Å². The Morgan fingerprint density at radius 2 is 1.75 bits per heavy atom. The highest BCUT2D eigenvalue weighted by atomic mass is 16.5. The fourth-order valence-electron chi connectivity index (χ4n) is 3.57. The van der Waals surface area contributed by atoms with Gasteiger partial charge >= 0.3 is 0 Å². The first kappa shape index (κ1) is 20.2. The summed E-state index contributed by atoms with van der Waals surface area (Å²) in [5.74, 6) is 1.69. The first-order valence-electron chi connectivity index (χ1n) is 9.99. The number of aryl methyl sites for hydroxylation is 1. The molecule has 0 bridgehead atoms. The Hall–Kier alpha value is -2.53. The second-order valence-corrected chi connectivity index (χ2v) is 7.27. The van der Waals surface area contributed by atoms with Crippen LogP contribution in [0.3, 0.4) is 0 Å². The molecular formula is C23H31N3O2. The molecule has 1 aliphatic rings. The third kappa shape index (κ3) is 5.49. The highest BCUT2D eigenvalue weighted by Gasteiger charge is 2.34. The number of rotatable bonds is 7. The molecule has 1 saturated heterocycles. The number of hydrogen-bond acceptors (Lipinski definition) is 3. The molecule has 1 aliphatic heterocycles. The van der Waals surface area contributed by atoms with Crippen molar-refractivity contribution in [2.45, 2.75) is 25.2 Å². The Morgan fingerprint density at radius 3 is 2.43 bits per heavy atom. The summed E-state index contributed by atoms with van der Waals surface area (Å²) >= 11 is 0. The molecule has 1 heterocycles. The molecule has 1 fully saturated rings. The lowest BCUT2D eigenvalue weighted by atomic mass is 9.74. The van der Waals surface area contributed by atoms with Crippen LogP contribution in [0.2, 0.25) is 0 Å². The summed E-state index contributed by atoms with van der Waals surface area (Å²) in [5, 5.41) is 6.85. The number of nitrogens with one attached hydrogen (secondary N) is 2. The molecule has 5 nitrogen and oxygen atoms in total. The molecule has 28 heavy (non-hydrogen) atoms. The zero-order valence-electron chi connectivity index (χ0n) is 16.9. The lowest BCUT2D eigenvalue weighted by Gasteiger charge is -2.38. The van der Waals surface area contributed by atoms with Crippen molar-refractivity contribution < 1.29 is 9.47 Å². The van der Waals surface area contributed by atoms with Gasteiger partial charge < -0.3 is 20.1 Å². The Kier molecular flexibility index (Phi) is 7.31. The summed E-state index contributed by atoms with van der Waals surface area (Å²) in [6.07, 6.45) is 2.02. The Labute approximate surface area is 168 Å². The van der Waals surface area contributed by atoms with Crippen LogP contribution in [0.25, 0.3) is 0 Å². The van der Waals surface area contributed by atoms with Crippen LogP contribution in [-0.4, -0.2) is 45.9 Å².